The van der Waals surface area contributed by atoms with E-state index in [9.17, 15) is 9.18 Å². The number of halogens is 1. The van der Waals surface area contributed by atoms with Gasteiger partial charge in [0.05, 0.1) is 5.56 Å². The highest BCUT2D eigenvalue weighted by atomic mass is 32.1. The molecule has 0 fully saturated rings. The summed E-state index contributed by atoms with van der Waals surface area (Å²) < 4.78 is 15.5. The summed E-state index contributed by atoms with van der Waals surface area (Å²) in [5.41, 5.74) is 2.45. The number of aryl methyl sites for hydroxylation is 1. The molecule has 1 amide bonds. The molecule has 4 aromatic rings. The molecule has 7 nitrogen and oxygen atoms in total. The van der Waals surface area contributed by atoms with E-state index in [2.05, 4.69) is 25.9 Å². The SMILES string of the molecule is Cc1c(NC(=S)NC(=O)c2ccccc2F)cccc1-c1nn2c(C)nnc2s1. The van der Waals surface area contributed by atoms with Crippen molar-refractivity contribution in [1.29, 1.82) is 0 Å². The number of carbonyl (C=O) groups is 1. The van der Waals surface area contributed by atoms with Crippen molar-refractivity contribution in [3.63, 3.8) is 0 Å². The molecule has 29 heavy (non-hydrogen) atoms. The Labute approximate surface area is 174 Å². The Kier molecular flexibility index (Phi) is 5.03. The quantitative estimate of drug-likeness (QED) is 0.486. The highest BCUT2D eigenvalue weighted by molar-refractivity contribution is 7.80. The van der Waals surface area contributed by atoms with Crippen LogP contribution in [0.3, 0.4) is 0 Å². The minimum absolute atomic E-state index is 0.0720. The smallest absolute Gasteiger partial charge is 0.260 e. The number of thiocarbonyl (C=S) groups is 1. The summed E-state index contributed by atoms with van der Waals surface area (Å²) in [5.74, 6) is -0.505. The van der Waals surface area contributed by atoms with Crippen molar-refractivity contribution < 1.29 is 9.18 Å². The Morgan fingerprint density at radius 1 is 1.14 bits per heavy atom. The van der Waals surface area contributed by atoms with Crippen LogP contribution in [-0.2, 0) is 0 Å². The second kappa shape index (κ2) is 7.64. The lowest BCUT2D eigenvalue weighted by molar-refractivity contribution is 0.0974. The Hall–Kier alpha value is -3.24. The standard InChI is InChI=1S/C19H15FN6OS2/c1-10-12(17-25-26-11(2)23-24-19(26)29-17)7-5-9-15(10)21-18(28)22-16(27)13-6-3-4-8-14(13)20/h3-9H,1-2H3,(H2,21,22,27,28). The summed E-state index contributed by atoms with van der Waals surface area (Å²) in [6.45, 7) is 3.76. The van der Waals surface area contributed by atoms with Gasteiger partial charge in [-0.15, -0.1) is 10.2 Å². The van der Waals surface area contributed by atoms with E-state index in [0.717, 1.165) is 16.1 Å². The number of nitrogens with one attached hydrogen (secondary N) is 2. The molecule has 0 unspecified atom stereocenters. The maximum atomic E-state index is 13.8. The van der Waals surface area contributed by atoms with Crippen LogP contribution in [0.2, 0.25) is 0 Å². The fourth-order valence-corrected chi connectivity index (χ4v) is 3.97. The van der Waals surface area contributed by atoms with Crippen LogP contribution in [0.1, 0.15) is 21.7 Å². The maximum absolute atomic E-state index is 13.8. The monoisotopic (exact) mass is 426 g/mol. The predicted octanol–water partition coefficient (Wildman–Crippen LogP) is 3.74. The van der Waals surface area contributed by atoms with E-state index in [1.165, 1.54) is 29.5 Å². The predicted molar refractivity (Wildman–Crippen MR) is 114 cm³/mol. The third-order valence-electron chi connectivity index (χ3n) is 4.30. The normalized spacial score (nSPS) is 10.9. The van der Waals surface area contributed by atoms with Crippen molar-refractivity contribution >= 4 is 45.2 Å². The zero-order valence-corrected chi connectivity index (χ0v) is 17.1. The van der Waals surface area contributed by atoms with Gasteiger partial charge in [-0.05, 0) is 49.8 Å². The average molecular weight is 427 g/mol. The van der Waals surface area contributed by atoms with E-state index in [1.54, 1.807) is 10.6 Å². The van der Waals surface area contributed by atoms with Crippen molar-refractivity contribution in [2.75, 3.05) is 5.32 Å². The highest BCUT2D eigenvalue weighted by Gasteiger charge is 2.16. The van der Waals surface area contributed by atoms with Crippen molar-refractivity contribution in [3.05, 3.63) is 65.2 Å². The molecule has 0 aliphatic heterocycles. The first-order valence-electron chi connectivity index (χ1n) is 8.59. The zero-order valence-electron chi connectivity index (χ0n) is 15.4. The van der Waals surface area contributed by atoms with Crippen LogP contribution in [0, 0.1) is 19.7 Å². The van der Waals surface area contributed by atoms with Crippen LogP contribution in [0.5, 0.6) is 0 Å². The summed E-state index contributed by atoms with van der Waals surface area (Å²) in [7, 11) is 0. The van der Waals surface area contributed by atoms with E-state index in [4.69, 9.17) is 12.2 Å². The van der Waals surface area contributed by atoms with Crippen LogP contribution in [-0.4, -0.2) is 30.8 Å². The second-order valence-corrected chi connectivity index (χ2v) is 7.58. The second-order valence-electron chi connectivity index (χ2n) is 6.22. The van der Waals surface area contributed by atoms with Gasteiger partial charge in [0, 0.05) is 11.3 Å². The molecule has 0 saturated carbocycles. The zero-order chi connectivity index (χ0) is 20.5. The summed E-state index contributed by atoms with van der Waals surface area (Å²) in [4.78, 5) is 12.9. The average Bonchev–Trinajstić information content (AvgIpc) is 3.26. The minimum atomic E-state index is -0.612. The van der Waals surface area contributed by atoms with Gasteiger partial charge in [0.2, 0.25) is 4.96 Å². The summed E-state index contributed by atoms with van der Waals surface area (Å²) in [5, 5.41) is 19.0. The number of aromatic nitrogens is 4. The van der Waals surface area contributed by atoms with Crippen molar-refractivity contribution in [2.24, 2.45) is 0 Å². The van der Waals surface area contributed by atoms with Crippen molar-refractivity contribution in [2.45, 2.75) is 13.8 Å². The van der Waals surface area contributed by atoms with E-state index in [0.29, 0.717) is 16.5 Å². The van der Waals surface area contributed by atoms with Gasteiger partial charge in [-0.1, -0.05) is 35.6 Å². The molecular formula is C19H15FN6OS2. The van der Waals surface area contributed by atoms with Gasteiger partial charge in [-0.3, -0.25) is 10.1 Å². The summed E-state index contributed by atoms with van der Waals surface area (Å²) in [6, 6.07) is 11.4. The lowest BCUT2D eigenvalue weighted by Crippen LogP contribution is -2.34. The van der Waals surface area contributed by atoms with E-state index >= 15 is 0 Å². The molecule has 2 aromatic heterocycles. The van der Waals surface area contributed by atoms with Crippen LogP contribution < -0.4 is 10.6 Å². The molecule has 0 aliphatic rings. The molecular weight excluding hydrogens is 411 g/mol. The lowest BCUT2D eigenvalue weighted by Gasteiger charge is -2.13. The summed E-state index contributed by atoms with van der Waals surface area (Å²) >= 11 is 6.66. The van der Waals surface area contributed by atoms with Gasteiger partial charge in [-0.25, -0.2) is 4.39 Å². The molecule has 2 heterocycles. The van der Waals surface area contributed by atoms with Gasteiger partial charge in [0.25, 0.3) is 5.91 Å². The van der Waals surface area contributed by atoms with Gasteiger partial charge >= 0.3 is 0 Å². The Morgan fingerprint density at radius 3 is 2.69 bits per heavy atom. The first-order chi connectivity index (χ1) is 13.9. The molecule has 0 bridgehead atoms. The summed E-state index contributed by atoms with van der Waals surface area (Å²) in [6.07, 6.45) is 0. The van der Waals surface area contributed by atoms with Gasteiger partial charge < -0.3 is 5.32 Å². The number of amides is 1. The van der Waals surface area contributed by atoms with E-state index < -0.39 is 11.7 Å². The molecule has 0 aliphatic carbocycles. The molecule has 0 spiro atoms. The van der Waals surface area contributed by atoms with Crippen molar-refractivity contribution in [3.8, 4) is 10.6 Å². The third-order valence-corrected chi connectivity index (χ3v) is 5.44. The Morgan fingerprint density at radius 2 is 1.93 bits per heavy atom. The van der Waals surface area contributed by atoms with Crippen molar-refractivity contribution in [1.82, 2.24) is 25.1 Å². The molecule has 2 N–H and O–H groups in total. The number of fused-ring (bicyclic) bond motifs is 1. The number of hydrogen-bond acceptors (Lipinski definition) is 6. The number of hydrogen-bond donors (Lipinski definition) is 2. The van der Waals surface area contributed by atoms with E-state index in [-0.39, 0.29) is 10.7 Å². The van der Waals surface area contributed by atoms with Crippen LogP contribution in [0.25, 0.3) is 15.5 Å². The fourth-order valence-electron chi connectivity index (χ4n) is 2.80. The maximum Gasteiger partial charge on any atom is 0.260 e. The topological polar surface area (TPSA) is 84.2 Å². The van der Waals surface area contributed by atoms with Crippen LogP contribution in [0.4, 0.5) is 10.1 Å². The Bertz CT molecular complexity index is 1250. The first kappa shape index (κ1) is 19.1. The number of carbonyl (C=O) groups excluding carboxylic acids is 1. The number of rotatable bonds is 3. The molecule has 2 aromatic carbocycles. The Balaban J connectivity index is 1.55. The highest BCUT2D eigenvalue weighted by Crippen LogP contribution is 2.31. The van der Waals surface area contributed by atoms with Crippen LogP contribution >= 0.6 is 23.6 Å². The largest absolute Gasteiger partial charge is 0.332 e. The number of anilines is 1. The molecule has 0 atom stereocenters. The first-order valence-corrected chi connectivity index (χ1v) is 9.82. The van der Waals surface area contributed by atoms with E-state index in [1.807, 2.05) is 32.0 Å². The molecule has 0 saturated heterocycles. The van der Waals surface area contributed by atoms with Gasteiger partial charge in [0.1, 0.15) is 10.8 Å². The number of nitrogens with zero attached hydrogens (tertiary/aromatic N) is 4. The molecule has 146 valence electrons. The third kappa shape index (κ3) is 3.71. The molecule has 0 radical (unpaired) electrons. The minimum Gasteiger partial charge on any atom is -0.332 e. The fraction of sp³-hybridized carbons (Fsp3) is 0.105. The number of benzene rings is 2. The van der Waals surface area contributed by atoms with Gasteiger partial charge in [-0.2, -0.15) is 9.61 Å². The van der Waals surface area contributed by atoms with Crippen LogP contribution in [0.15, 0.2) is 42.5 Å². The van der Waals surface area contributed by atoms with Gasteiger partial charge in [0.15, 0.2) is 10.9 Å². The lowest BCUT2D eigenvalue weighted by atomic mass is 10.1. The molecule has 10 heteroatoms. The molecule has 4 rings (SSSR count).